The van der Waals surface area contributed by atoms with Crippen LogP contribution in [0.25, 0.3) is 0 Å². The van der Waals surface area contributed by atoms with Gasteiger partial charge in [-0.25, -0.2) is 0 Å². The quantitative estimate of drug-likeness (QED) is 0.698. The maximum Gasteiger partial charge on any atom is 0.0638 e. The Labute approximate surface area is 77.5 Å². The van der Waals surface area contributed by atoms with Gasteiger partial charge in [0.1, 0.15) is 0 Å². The van der Waals surface area contributed by atoms with Crippen molar-refractivity contribution in [1.82, 2.24) is 0 Å². The molecule has 1 aliphatic rings. The van der Waals surface area contributed by atoms with Gasteiger partial charge < -0.3 is 5.73 Å². The van der Waals surface area contributed by atoms with E-state index in [9.17, 15) is 0 Å². The Kier molecular flexibility index (Phi) is 1.97. The monoisotopic (exact) mass is 181 g/mol. The summed E-state index contributed by atoms with van der Waals surface area (Å²) in [5.41, 5.74) is 7.81. The van der Waals surface area contributed by atoms with Crippen molar-refractivity contribution in [2.24, 2.45) is 5.92 Å². The normalized spacial score (nSPS) is 16.4. The van der Waals surface area contributed by atoms with Crippen molar-refractivity contribution in [3.8, 4) is 0 Å². The minimum absolute atomic E-state index is 0.688. The Morgan fingerprint density at radius 3 is 2.83 bits per heavy atom. The van der Waals surface area contributed by atoms with Crippen LogP contribution in [0.1, 0.15) is 18.4 Å². The Bertz CT molecular complexity index is 292. The molecule has 0 aliphatic heterocycles. The fraction of sp³-hybridized carbons (Fsp3) is 0.400. The summed E-state index contributed by atoms with van der Waals surface area (Å²) in [6, 6.07) is 5.88. The molecule has 1 aromatic carbocycles. The number of nitrogen functional groups attached to an aromatic ring is 1. The molecule has 12 heavy (non-hydrogen) atoms. The molecule has 2 N–H and O–H groups in total. The molecule has 0 bridgehead atoms. The number of anilines is 1. The van der Waals surface area contributed by atoms with Crippen LogP contribution in [-0.2, 0) is 6.42 Å². The van der Waals surface area contributed by atoms with E-state index in [1.54, 1.807) is 0 Å². The first-order chi connectivity index (χ1) is 5.77. The summed E-state index contributed by atoms with van der Waals surface area (Å²) in [4.78, 5) is 0. The summed E-state index contributed by atoms with van der Waals surface area (Å²) in [7, 11) is 0. The van der Waals surface area contributed by atoms with Gasteiger partial charge in [-0.05, 0) is 36.8 Å². The van der Waals surface area contributed by atoms with Crippen LogP contribution in [-0.4, -0.2) is 0 Å². The van der Waals surface area contributed by atoms with E-state index in [0.29, 0.717) is 5.02 Å². The van der Waals surface area contributed by atoms with Crippen molar-refractivity contribution >= 4 is 17.3 Å². The van der Waals surface area contributed by atoms with Crippen molar-refractivity contribution in [3.05, 3.63) is 28.8 Å². The van der Waals surface area contributed by atoms with Gasteiger partial charge >= 0.3 is 0 Å². The largest absolute Gasteiger partial charge is 0.397 e. The maximum atomic E-state index is 5.89. The smallest absolute Gasteiger partial charge is 0.0638 e. The highest BCUT2D eigenvalue weighted by Gasteiger charge is 2.22. The minimum atomic E-state index is 0.688. The lowest BCUT2D eigenvalue weighted by Gasteiger charge is -2.05. The van der Waals surface area contributed by atoms with E-state index in [-0.39, 0.29) is 0 Å². The highest BCUT2D eigenvalue weighted by molar-refractivity contribution is 6.33. The molecule has 0 aromatic heterocycles. The predicted octanol–water partition coefficient (Wildman–Crippen LogP) is 2.87. The Balaban J connectivity index is 2.23. The first kappa shape index (κ1) is 7.93. The number of nitrogens with two attached hydrogens (primary N) is 1. The van der Waals surface area contributed by atoms with Crippen molar-refractivity contribution in [2.45, 2.75) is 19.3 Å². The van der Waals surface area contributed by atoms with Gasteiger partial charge in [0.15, 0.2) is 0 Å². The van der Waals surface area contributed by atoms with Crippen LogP contribution in [0.15, 0.2) is 18.2 Å². The predicted molar refractivity (Wildman–Crippen MR) is 52.3 cm³/mol. The summed E-state index contributed by atoms with van der Waals surface area (Å²) in [5.74, 6) is 0.866. The molecular weight excluding hydrogens is 170 g/mol. The van der Waals surface area contributed by atoms with E-state index < -0.39 is 0 Å². The molecule has 0 radical (unpaired) electrons. The van der Waals surface area contributed by atoms with Gasteiger partial charge in [0, 0.05) is 0 Å². The molecule has 2 heteroatoms. The molecule has 64 valence electrons. The second-order valence-corrected chi connectivity index (χ2v) is 3.87. The van der Waals surface area contributed by atoms with Gasteiger partial charge in [0.2, 0.25) is 0 Å². The standard InChI is InChI=1S/C10H12ClN/c11-9-3-1-2-8(10(9)12)6-7-4-5-7/h1-3,7H,4-6,12H2. The molecule has 0 spiro atoms. The first-order valence-electron chi connectivity index (χ1n) is 4.30. The zero-order chi connectivity index (χ0) is 8.55. The van der Waals surface area contributed by atoms with Crippen LogP contribution in [0.3, 0.4) is 0 Å². The molecule has 0 amide bonds. The summed E-state index contributed by atoms with van der Waals surface area (Å²) < 4.78 is 0. The Morgan fingerprint density at radius 1 is 1.42 bits per heavy atom. The van der Waals surface area contributed by atoms with Crippen LogP contribution in [0.4, 0.5) is 5.69 Å². The van der Waals surface area contributed by atoms with Gasteiger partial charge in [-0.3, -0.25) is 0 Å². The Morgan fingerprint density at radius 2 is 2.17 bits per heavy atom. The number of halogens is 1. The number of rotatable bonds is 2. The van der Waals surface area contributed by atoms with Gasteiger partial charge in [0.05, 0.1) is 10.7 Å². The van der Waals surface area contributed by atoms with Gasteiger partial charge in [-0.2, -0.15) is 0 Å². The molecule has 1 fully saturated rings. The zero-order valence-corrected chi connectivity index (χ0v) is 7.64. The maximum absolute atomic E-state index is 5.89. The third-order valence-electron chi connectivity index (χ3n) is 2.35. The first-order valence-corrected chi connectivity index (χ1v) is 4.68. The molecule has 0 atom stereocenters. The molecule has 1 nitrogen and oxygen atoms in total. The molecule has 2 rings (SSSR count). The van der Waals surface area contributed by atoms with Crippen molar-refractivity contribution in [1.29, 1.82) is 0 Å². The molecule has 0 saturated heterocycles. The fourth-order valence-corrected chi connectivity index (χ4v) is 1.59. The van der Waals surface area contributed by atoms with Crippen LogP contribution in [0.2, 0.25) is 5.02 Å². The zero-order valence-electron chi connectivity index (χ0n) is 6.89. The third-order valence-corrected chi connectivity index (χ3v) is 2.68. The molecule has 1 aliphatic carbocycles. The van der Waals surface area contributed by atoms with Gasteiger partial charge in [0.25, 0.3) is 0 Å². The van der Waals surface area contributed by atoms with E-state index >= 15 is 0 Å². The van der Waals surface area contributed by atoms with E-state index in [0.717, 1.165) is 18.0 Å². The second-order valence-electron chi connectivity index (χ2n) is 3.46. The summed E-state index contributed by atoms with van der Waals surface area (Å²) >= 11 is 5.89. The number of benzene rings is 1. The van der Waals surface area contributed by atoms with E-state index in [1.807, 2.05) is 12.1 Å². The second kappa shape index (κ2) is 2.98. The highest BCUT2D eigenvalue weighted by Crippen LogP contribution is 2.35. The number of hydrogen-bond donors (Lipinski definition) is 1. The SMILES string of the molecule is Nc1c(Cl)cccc1CC1CC1. The van der Waals surface area contributed by atoms with Crippen molar-refractivity contribution < 1.29 is 0 Å². The van der Waals surface area contributed by atoms with E-state index in [2.05, 4.69) is 6.07 Å². The average Bonchev–Trinajstić information content (AvgIpc) is 2.83. The van der Waals surface area contributed by atoms with Crippen LogP contribution in [0.5, 0.6) is 0 Å². The van der Waals surface area contributed by atoms with E-state index in [4.69, 9.17) is 17.3 Å². The molecule has 0 unspecified atom stereocenters. The van der Waals surface area contributed by atoms with Crippen molar-refractivity contribution in [3.63, 3.8) is 0 Å². The molecule has 0 heterocycles. The molecule has 1 aromatic rings. The van der Waals surface area contributed by atoms with E-state index in [1.165, 1.54) is 18.4 Å². The Hall–Kier alpha value is -0.690. The lowest BCUT2D eigenvalue weighted by molar-refractivity contribution is 0.834. The topological polar surface area (TPSA) is 26.0 Å². The lowest BCUT2D eigenvalue weighted by atomic mass is 10.1. The van der Waals surface area contributed by atoms with Crippen molar-refractivity contribution in [2.75, 3.05) is 5.73 Å². The summed E-state index contributed by atoms with van der Waals surface area (Å²) in [6.45, 7) is 0. The summed E-state index contributed by atoms with van der Waals surface area (Å²) in [5, 5.41) is 0.688. The lowest BCUT2D eigenvalue weighted by Crippen LogP contribution is -1.96. The van der Waals surface area contributed by atoms with Gasteiger partial charge in [-0.1, -0.05) is 23.7 Å². The van der Waals surface area contributed by atoms with Gasteiger partial charge in [-0.15, -0.1) is 0 Å². The van der Waals surface area contributed by atoms with Crippen LogP contribution < -0.4 is 5.73 Å². The van der Waals surface area contributed by atoms with Crippen LogP contribution >= 0.6 is 11.6 Å². The molecular formula is C10H12ClN. The molecule has 1 saturated carbocycles. The highest BCUT2D eigenvalue weighted by atomic mass is 35.5. The average molecular weight is 182 g/mol. The minimum Gasteiger partial charge on any atom is -0.397 e. The van der Waals surface area contributed by atoms with Crippen LogP contribution in [0, 0.1) is 5.92 Å². The number of para-hydroxylation sites is 1. The summed E-state index contributed by atoms with van der Waals surface area (Å²) in [6.07, 6.45) is 3.81. The third kappa shape index (κ3) is 1.56. The fourth-order valence-electron chi connectivity index (χ4n) is 1.39. The number of hydrogen-bond acceptors (Lipinski definition) is 1.